The summed E-state index contributed by atoms with van der Waals surface area (Å²) in [5.74, 6) is 0.780. The number of hydrogen-bond acceptors (Lipinski definition) is 3. The molecular formula is C13H28N2O. The zero-order valence-corrected chi connectivity index (χ0v) is 11.3. The van der Waals surface area contributed by atoms with Crippen LogP contribution in [0.5, 0.6) is 0 Å². The van der Waals surface area contributed by atoms with Gasteiger partial charge in [0, 0.05) is 31.8 Å². The summed E-state index contributed by atoms with van der Waals surface area (Å²) in [6, 6.07) is 0.638. The summed E-state index contributed by atoms with van der Waals surface area (Å²) in [7, 11) is 1.76. The summed E-state index contributed by atoms with van der Waals surface area (Å²) in [6.07, 6.45) is 3.67. The molecule has 96 valence electrons. The highest BCUT2D eigenvalue weighted by molar-refractivity contribution is 4.93. The molecule has 0 radical (unpaired) electrons. The van der Waals surface area contributed by atoms with Gasteiger partial charge < -0.3 is 10.5 Å². The smallest absolute Gasteiger partial charge is 0.0480 e. The SMILES string of the molecule is COCCC(C)(CN)N1CCCC(C)C1C. The molecule has 1 aliphatic rings. The lowest BCUT2D eigenvalue weighted by Crippen LogP contribution is -2.59. The highest BCUT2D eigenvalue weighted by atomic mass is 16.5. The predicted octanol–water partition coefficient (Wildman–Crippen LogP) is 1.86. The summed E-state index contributed by atoms with van der Waals surface area (Å²) in [4.78, 5) is 2.60. The van der Waals surface area contributed by atoms with Gasteiger partial charge in [0.05, 0.1) is 0 Å². The third-order valence-corrected chi connectivity index (χ3v) is 4.35. The molecule has 0 amide bonds. The lowest BCUT2D eigenvalue weighted by molar-refractivity contribution is -0.00280. The second-order valence-corrected chi connectivity index (χ2v) is 5.50. The summed E-state index contributed by atoms with van der Waals surface area (Å²) in [6.45, 7) is 9.66. The van der Waals surface area contributed by atoms with Crippen LogP contribution in [0.3, 0.4) is 0 Å². The van der Waals surface area contributed by atoms with E-state index in [-0.39, 0.29) is 5.54 Å². The second kappa shape index (κ2) is 5.99. The van der Waals surface area contributed by atoms with Crippen molar-refractivity contribution in [3.63, 3.8) is 0 Å². The van der Waals surface area contributed by atoms with Gasteiger partial charge >= 0.3 is 0 Å². The van der Waals surface area contributed by atoms with Gasteiger partial charge in [0.2, 0.25) is 0 Å². The number of piperidine rings is 1. The number of rotatable bonds is 5. The van der Waals surface area contributed by atoms with Gasteiger partial charge in [-0.15, -0.1) is 0 Å². The zero-order chi connectivity index (χ0) is 12.2. The van der Waals surface area contributed by atoms with Crippen molar-refractivity contribution in [1.29, 1.82) is 0 Å². The average Bonchev–Trinajstić information content (AvgIpc) is 2.29. The molecule has 1 saturated heterocycles. The summed E-state index contributed by atoms with van der Waals surface area (Å²) in [5.41, 5.74) is 6.09. The Morgan fingerprint density at radius 1 is 1.44 bits per heavy atom. The number of nitrogens with two attached hydrogens (primary N) is 1. The van der Waals surface area contributed by atoms with Crippen LogP contribution in [0.25, 0.3) is 0 Å². The minimum atomic E-state index is 0.101. The van der Waals surface area contributed by atoms with Crippen molar-refractivity contribution in [2.75, 3.05) is 26.8 Å². The molecule has 0 aromatic rings. The van der Waals surface area contributed by atoms with Crippen molar-refractivity contribution < 1.29 is 4.74 Å². The van der Waals surface area contributed by atoms with Crippen LogP contribution in [0.1, 0.15) is 40.0 Å². The third-order valence-electron chi connectivity index (χ3n) is 4.35. The fourth-order valence-electron chi connectivity index (χ4n) is 2.78. The Morgan fingerprint density at radius 3 is 2.69 bits per heavy atom. The van der Waals surface area contributed by atoms with E-state index in [1.54, 1.807) is 7.11 Å². The molecule has 1 fully saturated rings. The Kier molecular flexibility index (Phi) is 5.22. The first-order valence-corrected chi connectivity index (χ1v) is 6.51. The molecule has 0 bridgehead atoms. The predicted molar refractivity (Wildman–Crippen MR) is 68.5 cm³/mol. The van der Waals surface area contributed by atoms with Gasteiger partial charge in [-0.1, -0.05) is 6.92 Å². The standard InChI is InChI=1S/C13H28N2O/c1-11-6-5-8-15(12(11)2)13(3,10-14)7-9-16-4/h11-12H,5-10,14H2,1-4H3. The van der Waals surface area contributed by atoms with Gasteiger partial charge in [-0.05, 0) is 45.6 Å². The van der Waals surface area contributed by atoms with E-state index in [1.807, 2.05) is 0 Å². The normalized spacial score (nSPS) is 31.3. The maximum atomic E-state index is 5.99. The highest BCUT2D eigenvalue weighted by Crippen LogP contribution is 2.30. The number of hydrogen-bond donors (Lipinski definition) is 1. The van der Waals surface area contributed by atoms with E-state index in [0.717, 1.165) is 18.9 Å². The van der Waals surface area contributed by atoms with Gasteiger partial charge in [0.25, 0.3) is 0 Å². The van der Waals surface area contributed by atoms with Crippen LogP contribution in [0.4, 0.5) is 0 Å². The molecular weight excluding hydrogens is 200 g/mol. The van der Waals surface area contributed by atoms with Crippen LogP contribution >= 0.6 is 0 Å². The molecule has 16 heavy (non-hydrogen) atoms. The van der Waals surface area contributed by atoms with Gasteiger partial charge in [-0.25, -0.2) is 0 Å². The van der Waals surface area contributed by atoms with Crippen molar-refractivity contribution in [2.45, 2.75) is 51.6 Å². The molecule has 1 rings (SSSR count). The molecule has 3 heteroatoms. The van der Waals surface area contributed by atoms with Crippen LogP contribution in [0.2, 0.25) is 0 Å². The van der Waals surface area contributed by atoms with E-state index < -0.39 is 0 Å². The van der Waals surface area contributed by atoms with Gasteiger partial charge in [-0.2, -0.15) is 0 Å². The Balaban J connectivity index is 2.69. The Morgan fingerprint density at radius 2 is 2.12 bits per heavy atom. The van der Waals surface area contributed by atoms with Crippen molar-refractivity contribution in [3.05, 3.63) is 0 Å². The monoisotopic (exact) mass is 228 g/mol. The molecule has 3 nitrogen and oxygen atoms in total. The van der Waals surface area contributed by atoms with E-state index in [1.165, 1.54) is 19.4 Å². The zero-order valence-electron chi connectivity index (χ0n) is 11.3. The lowest BCUT2D eigenvalue weighted by atomic mass is 9.85. The van der Waals surface area contributed by atoms with E-state index in [9.17, 15) is 0 Å². The number of nitrogens with zero attached hydrogens (tertiary/aromatic N) is 1. The Bertz CT molecular complexity index is 210. The van der Waals surface area contributed by atoms with Crippen LogP contribution < -0.4 is 5.73 Å². The molecule has 2 N–H and O–H groups in total. The largest absolute Gasteiger partial charge is 0.385 e. The van der Waals surface area contributed by atoms with Crippen molar-refractivity contribution in [3.8, 4) is 0 Å². The second-order valence-electron chi connectivity index (χ2n) is 5.50. The van der Waals surface area contributed by atoms with Crippen LogP contribution in [0.15, 0.2) is 0 Å². The van der Waals surface area contributed by atoms with Gasteiger partial charge in [0.1, 0.15) is 0 Å². The molecule has 3 unspecified atom stereocenters. The van der Waals surface area contributed by atoms with Crippen LogP contribution in [-0.2, 0) is 4.74 Å². The van der Waals surface area contributed by atoms with E-state index >= 15 is 0 Å². The molecule has 0 aromatic carbocycles. The molecule has 3 atom stereocenters. The number of likely N-dealkylation sites (tertiary alicyclic amines) is 1. The lowest BCUT2D eigenvalue weighted by Gasteiger charge is -2.49. The van der Waals surface area contributed by atoms with Crippen molar-refractivity contribution >= 4 is 0 Å². The van der Waals surface area contributed by atoms with E-state index in [4.69, 9.17) is 10.5 Å². The Labute approximate surface area is 100 Å². The van der Waals surface area contributed by atoms with Gasteiger partial charge in [-0.3, -0.25) is 4.90 Å². The maximum absolute atomic E-state index is 5.99. The average molecular weight is 228 g/mol. The third kappa shape index (κ3) is 2.96. The highest BCUT2D eigenvalue weighted by Gasteiger charge is 2.37. The van der Waals surface area contributed by atoms with Crippen molar-refractivity contribution in [2.24, 2.45) is 11.7 Å². The molecule has 1 aliphatic heterocycles. The van der Waals surface area contributed by atoms with Gasteiger partial charge in [0.15, 0.2) is 0 Å². The first-order valence-electron chi connectivity index (χ1n) is 6.51. The minimum Gasteiger partial charge on any atom is -0.385 e. The minimum absolute atomic E-state index is 0.101. The van der Waals surface area contributed by atoms with Crippen molar-refractivity contribution in [1.82, 2.24) is 4.90 Å². The topological polar surface area (TPSA) is 38.5 Å². The summed E-state index contributed by atoms with van der Waals surface area (Å²) >= 11 is 0. The summed E-state index contributed by atoms with van der Waals surface area (Å²) in [5, 5.41) is 0. The maximum Gasteiger partial charge on any atom is 0.0480 e. The first-order chi connectivity index (χ1) is 7.55. The Hall–Kier alpha value is -0.120. The van der Waals surface area contributed by atoms with E-state index in [0.29, 0.717) is 12.6 Å². The molecule has 0 saturated carbocycles. The van der Waals surface area contributed by atoms with E-state index in [2.05, 4.69) is 25.7 Å². The summed E-state index contributed by atoms with van der Waals surface area (Å²) < 4.78 is 5.21. The molecule has 0 aliphatic carbocycles. The number of ether oxygens (including phenoxy) is 1. The quantitative estimate of drug-likeness (QED) is 0.780. The molecule has 0 aromatic heterocycles. The fourth-order valence-corrected chi connectivity index (χ4v) is 2.78. The van der Waals surface area contributed by atoms with Crippen LogP contribution in [0, 0.1) is 5.92 Å². The molecule has 0 spiro atoms. The molecule has 1 heterocycles. The number of methoxy groups -OCH3 is 1. The van der Waals surface area contributed by atoms with Crippen LogP contribution in [-0.4, -0.2) is 43.3 Å². The fraction of sp³-hybridized carbons (Fsp3) is 1.00. The first kappa shape index (κ1) is 13.9.